The van der Waals surface area contributed by atoms with Crippen molar-refractivity contribution < 1.29 is 14.4 Å². The number of thioether (sulfide) groups is 1. The molecule has 2 aliphatic rings. The number of nitrogens with zero attached hydrogens (tertiary/aromatic N) is 1. The first-order chi connectivity index (χ1) is 15.6. The van der Waals surface area contributed by atoms with Crippen molar-refractivity contribution in [2.75, 3.05) is 10.2 Å². The number of aromatic amines is 1. The van der Waals surface area contributed by atoms with E-state index in [0.717, 1.165) is 47.2 Å². The van der Waals surface area contributed by atoms with Gasteiger partial charge in [-0.2, -0.15) is 0 Å². The Morgan fingerprint density at radius 1 is 1.03 bits per heavy atom. The van der Waals surface area contributed by atoms with Gasteiger partial charge in [0.15, 0.2) is 0 Å². The van der Waals surface area contributed by atoms with Crippen molar-refractivity contribution in [2.45, 2.75) is 48.7 Å². The Morgan fingerprint density at radius 3 is 2.72 bits per heavy atom. The lowest BCUT2D eigenvalue weighted by atomic mass is 9.88. The van der Waals surface area contributed by atoms with E-state index in [0.29, 0.717) is 5.69 Å². The minimum absolute atomic E-state index is 0.0739. The van der Waals surface area contributed by atoms with Gasteiger partial charge >= 0.3 is 0 Å². The molecule has 6 nitrogen and oxygen atoms in total. The number of nitrogens with one attached hydrogen (secondary N) is 2. The first-order valence-electron chi connectivity index (χ1n) is 11.1. The van der Waals surface area contributed by atoms with E-state index in [4.69, 9.17) is 0 Å². The fourth-order valence-corrected chi connectivity index (χ4v) is 5.68. The van der Waals surface area contributed by atoms with Crippen LogP contribution in [-0.4, -0.2) is 28.0 Å². The molecule has 1 aromatic heterocycles. The minimum Gasteiger partial charge on any atom is -0.361 e. The molecule has 2 aromatic carbocycles. The van der Waals surface area contributed by atoms with Crippen LogP contribution in [0.2, 0.25) is 0 Å². The third-order valence-corrected chi connectivity index (χ3v) is 7.44. The first-order valence-corrected chi connectivity index (χ1v) is 12.0. The van der Waals surface area contributed by atoms with E-state index < -0.39 is 5.25 Å². The van der Waals surface area contributed by atoms with E-state index >= 15 is 0 Å². The zero-order chi connectivity index (χ0) is 22.1. The Hall–Kier alpha value is -3.06. The molecule has 5 rings (SSSR count). The summed E-state index contributed by atoms with van der Waals surface area (Å²) in [6.07, 6.45) is 7.32. The van der Waals surface area contributed by atoms with Gasteiger partial charge in [0.2, 0.25) is 17.7 Å². The molecule has 32 heavy (non-hydrogen) atoms. The summed E-state index contributed by atoms with van der Waals surface area (Å²) in [6, 6.07) is 15.0. The number of benzene rings is 2. The molecular formula is C25H25N3O3S. The predicted molar refractivity (Wildman–Crippen MR) is 127 cm³/mol. The van der Waals surface area contributed by atoms with Crippen LogP contribution in [0, 0.1) is 5.92 Å². The van der Waals surface area contributed by atoms with Gasteiger partial charge < -0.3 is 10.3 Å². The SMILES string of the molecule is O=C(Nc1cccc(SC2CC(=O)N(c3ccc4cc[nH]c4c3)C2=O)c1)C1CCCCC1. The quantitative estimate of drug-likeness (QED) is 0.533. The minimum atomic E-state index is -0.480. The number of aromatic nitrogens is 1. The van der Waals surface area contributed by atoms with Crippen molar-refractivity contribution in [2.24, 2.45) is 5.92 Å². The lowest BCUT2D eigenvalue weighted by molar-refractivity contribution is -0.122. The summed E-state index contributed by atoms with van der Waals surface area (Å²) in [6.45, 7) is 0. The number of fused-ring (bicyclic) bond motifs is 1. The van der Waals surface area contributed by atoms with Crippen LogP contribution >= 0.6 is 11.8 Å². The van der Waals surface area contributed by atoms with Crippen molar-refractivity contribution in [3.8, 4) is 0 Å². The van der Waals surface area contributed by atoms with E-state index in [2.05, 4.69) is 10.3 Å². The van der Waals surface area contributed by atoms with E-state index in [9.17, 15) is 14.4 Å². The summed E-state index contributed by atoms with van der Waals surface area (Å²) in [4.78, 5) is 43.6. The van der Waals surface area contributed by atoms with Gasteiger partial charge in [0.1, 0.15) is 0 Å². The Morgan fingerprint density at radius 2 is 1.88 bits per heavy atom. The van der Waals surface area contributed by atoms with Crippen molar-refractivity contribution in [1.29, 1.82) is 0 Å². The maximum absolute atomic E-state index is 13.1. The fourth-order valence-electron chi connectivity index (χ4n) is 4.56. The molecule has 164 valence electrons. The van der Waals surface area contributed by atoms with E-state index in [1.807, 2.05) is 48.7 Å². The lowest BCUT2D eigenvalue weighted by Gasteiger charge is -2.21. The van der Waals surface area contributed by atoms with Gasteiger partial charge in [-0.05, 0) is 54.6 Å². The molecule has 1 saturated heterocycles. The van der Waals surface area contributed by atoms with Gasteiger partial charge in [0.05, 0.1) is 10.9 Å². The molecule has 2 heterocycles. The van der Waals surface area contributed by atoms with E-state index in [1.165, 1.54) is 23.1 Å². The Kier molecular flexibility index (Phi) is 5.74. The van der Waals surface area contributed by atoms with Gasteiger partial charge in [-0.25, -0.2) is 4.90 Å². The standard InChI is InChI=1S/C25H25N3O3S/c29-23-15-22(25(31)28(23)19-10-9-16-11-12-26-21(16)14-19)32-20-8-4-7-18(13-20)27-24(30)17-5-2-1-3-6-17/h4,7-14,17,22,26H,1-3,5-6,15H2,(H,27,30). The van der Waals surface area contributed by atoms with Crippen LogP contribution in [0.5, 0.6) is 0 Å². The Labute approximate surface area is 190 Å². The van der Waals surface area contributed by atoms with E-state index in [1.54, 1.807) is 6.07 Å². The molecule has 0 spiro atoms. The molecular weight excluding hydrogens is 422 g/mol. The number of anilines is 2. The van der Waals surface area contributed by atoms with E-state index in [-0.39, 0.29) is 30.1 Å². The van der Waals surface area contributed by atoms with Gasteiger partial charge in [-0.1, -0.05) is 31.4 Å². The maximum Gasteiger partial charge on any atom is 0.247 e. The number of H-pyrrole nitrogens is 1. The second kappa shape index (κ2) is 8.82. The molecule has 0 bridgehead atoms. The van der Waals surface area contributed by atoms with Crippen LogP contribution in [0.25, 0.3) is 10.9 Å². The molecule has 1 saturated carbocycles. The highest BCUT2D eigenvalue weighted by Crippen LogP contribution is 2.35. The number of carbonyl (C=O) groups is 3. The molecule has 0 radical (unpaired) electrons. The second-order valence-corrected chi connectivity index (χ2v) is 9.76. The highest BCUT2D eigenvalue weighted by molar-refractivity contribution is 8.00. The molecule has 3 aromatic rings. The monoisotopic (exact) mass is 447 g/mol. The molecule has 7 heteroatoms. The van der Waals surface area contributed by atoms with Gasteiger partial charge in [0.25, 0.3) is 0 Å². The van der Waals surface area contributed by atoms with Crippen LogP contribution in [0.4, 0.5) is 11.4 Å². The summed E-state index contributed by atoms with van der Waals surface area (Å²) in [5.41, 5.74) is 2.21. The lowest BCUT2D eigenvalue weighted by Crippen LogP contribution is -2.31. The number of rotatable bonds is 5. The summed E-state index contributed by atoms with van der Waals surface area (Å²) in [7, 11) is 0. The number of hydrogen-bond acceptors (Lipinski definition) is 4. The third kappa shape index (κ3) is 4.17. The van der Waals surface area contributed by atoms with Gasteiger partial charge in [-0.3, -0.25) is 14.4 Å². The molecule has 1 aliphatic carbocycles. The molecule has 3 amide bonds. The van der Waals surface area contributed by atoms with Crippen LogP contribution in [-0.2, 0) is 14.4 Å². The van der Waals surface area contributed by atoms with Crippen LogP contribution in [0.3, 0.4) is 0 Å². The molecule has 2 fully saturated rings. The molecule has 1 atom stereocenters. The number of imide groups is 1. The van der Waals surface area contributed by atoms with Crippen molar-refractivity contribution in [3.63, 3.8) is 0 Å². The highest BCUT2D eigenvalue weighted by atomic mass is 32.2. The molecule has 1 aliphatic heterocycles. The van der Waals surface area contributed by atoms with Crippen molar-refractivity contribution >= 4 is 51.8 Å². The highest BCUT2D eigenvalue weighted by Gasteiger charge is 2.40. The molecule has 2 N–H and O–H groups in total. The zero-order valence-corrected chi connectivity index (χ0v) is 18.5. The third-order valence-electron chi connectivity index (χ3n) is 6.26. The summed E-state index contributed by atoms with van der Waals surface area (Å²) in [5.74, 6) is -0.243. The normalized spacial score (nSPS) is 19.6. The largest absolute Gasteiger partial charge is 0.361 e. The Balaban J connectivity index is 1.28. The second-order valence-electron chi connectivity index (χ2n) is 8.48. The number of amides is 3. The summed E-state index contributed by atoms with van der Waals surface area (Å²) < 4.78 is 0. The van der Waals surface area contributed by atoms with Crippen molar-refractivity contribution in [3.05, 3.63) is 54.7 Å². The average Bonchev–Trinajstić information content (AvgIpc) is 3.38. The van der Waals surface area contributed by atoms with Gasteiger partial charge in [0, 0.05) is 34.6 Å². The average molecular weight is 448 g/mol. The predicted octanol–water partition coefficient (Wildman–Crippen LogP) is 5.11. The smallest absolute Gasteiger partial charge is 0.247 e. The number of carbonyl (C=O) groups excluding carboxylic acids is 3. The van der Waals surface area contributed by atoms with Gasteiger partial charge in [-0.15, -0.1) is 11.8 Å². The number of hydrogen-bond donors (Lipinski definition) is 2. The van der Waals surface area contributed by atoms with Crippen LogP contribution in [0.15, 0.2) is 59.6 Å². The van der Waals surface area contributed by atoms with Crippen molar-refractivity contribution in [1.82, 2.24) is 4.98 Å². The first kappa shape index (κ1) is 20.8. The summed E-state index contributed by atoms with van der Waals surface area (Å²) in [5, 5.41) is 3.58. The topological polar surface area (TPSA) is 82.3 Å². The maximum atomic E-state index is 13.1. The van der Waals surface area contributed by atoms with Crippen LogP contribution < -0.4 is 10.2 Å². The zero-order valence-electron chi connectivity index (χ0n) is 17.7. The Bertz CT molecular complexity index is 1180. The molecule has 1 unspecified atom stereocenters. The van der Waals surface area contributed by atoms with Crippen LogP contribution in [0.1, 0.15) is 38.5 Å². The summed E-state index contributed by atoms with van der Waals surface area (Å²) >= 11 is 1.37. The fraction of sp³-hybridized carbons (Fsp3) is 0.320.